The van der Waals surface area contributed by atoms with Crippen LogP contribution < -0.4 is 5.73 Å². The van der Waals surface area contributed by atoms with Crippen LogP contribution in [0.2, 0.25) is 0 Å². The maximum atomic E-state index is 5.75. The molecule has 2 aromatic heterocycles. The number of nitrogens with zero attached hydrogens (tertiary/aromatic N) is 1. The van der Waals surface area contributed by atoms with Crippen LogP contribution in [0.1, 0.15) is 10.4 Å². The number of hydrogen-bond donors (Lipinski definition) is 1. The maximum absolute atomic E-state index is 5.75. The third kappa shape index (κ3) is 1.32. The summed E-state index contributed by atoms with van der Waals surface area (Å²) in [6.07, 6.45) is 4.40. The van der Waals surface area contributed by atoms with Gasteiger partial charge in [-0.05, 0) is 23.3 Å². The SMILES string of the molecule is Nc1nc2c(s1)Cc1cc(-c3ccoc3)ccc1-2. The summed E-state index contributed by atoms with van der Waals surface area (Å²) in [6, 6.07) is 8.42. The number of benzene rings is 1. The van der Waals surface area contributed by atoms with Crippen LogP contribution in [0, 0.1) is 0 Å². The first-order chi connectivity index (χ1) is 8.81. The fourth-order valence-corrected chi connectivity index (χ4v) is 3.32. The molecule has 0 saturated heterocycles. The van der Waals surface area contributed by atoms with Gasteiger partial charge in [0.15, 0.2) is 5.13 Å². The highest BCUT2D eigenvalue weighted by atomic mass is 32.1. The second-order valence-corrected chi connectivity index (χ2v) is 5.50. The molecule has 1 aliphatic rings. The fourth-order valence-electron chi connectivity index (χ4n) is 2.45. The Hall–Kier alpha value is -2.07. The molecule has 0 amide bonds. The van der Waals surface area contributed by atoms with Crippen molar-refractivity contribution in [1.29, 1.82) is 0 Å². The van der Waals surface area contributed by atoms with Crippen molar-refractivity contribution in [1.82, 2.24) is 4.98 Å². The molecule has 0 unspecified atom stereocenters. The normalized spacial score (nSPS) is 12.4. The van der Waals surface area contributed by atoms with Gasteiger partial charge in [0, 0.05) is 22.4 Å². The molecule has 18 heavy (non-hydrogen) atoms. The largest absolute Gasteiger partial charge is 0.472 e. The van der Waals surface area contributed by atoms with E-state index in [1.165, 1.54) is 21.6 Å². The predicted molar refractivity (Wildman–Crippen MR) is 72.5 cm³/mol. The maximum Gasteiger partial charge on any atom is 0.180 e. The number of thiazole rings is 1. The van der Waals surface area contributed by atoms with Crippen molar-refractivity contribution in [3.63, 3.8) is 0 Å². The minimum atomic E-state index is 0.657. The number of aromatic nitrogens is 1. The quantitative estimate of drug-likeness (QED) is 0.565. The highest BCUT2D eigenvalue weighted by Crippen LogP contribution is 2.41. The van der Waals surface area contributed by atoms with E-state index in [0.717, 1.165) is 17.7 Å². The van der Waals surface area contributed by atoms with E-state index in [1.54, 1.807) is 23.9 Å². The smallest absolute Gasteiger partial charge is 0.180 e. The van der Waals surface area contributed by atoms with E-state index in [9.17, 15) is 0 Å². The van der Waals surface area contributed by atoms with Gasteiger partial charge in [-0.1, -0.05) is 12.1 Å². The lowest BCUT2D eigenvalue weighted by atomic mass is 10.0. The van der Waals surface area contributed by atoms with E-state index in [0.29, 0.717) is 5.13 Å². The van der Waals surface area contributed by atoms with Crippen molar-refractivity contribution in [3.8, 4) is 22.4 Å². The van der Waals surface area contributed by atoms with Crippen LogP contribution in [0.25, 0.3) is 22.4 Å². The van der Waals surface area contributed by atoms with Crippen LogP contribution in [0.3, 0.4) is 0 Å². The van der Waals surface area contributed by atoms with Crippen LogP contribution >= 0.6 is 11.3 Å². The van der Waals surface area contributed by atoms with Crippen LogP contribution in [-0.2, 0) is 6.42 Å². The standard InChI is InChI=1S/C14H10N2OS/c15-14-16-13-11-2-1-8(9-3-4-17-7-9)5-10(11)6-12(13)18-14/h1-5,7H,6H2,(H2,15,16). The summed E-state index contributed by atoms with van der Waals surface area (Å²) in [6.45, 7) is 0. The van der Waals surface area contributed by atoms with Gasteiger partial charge >= 0.3 is 0 Å². The van der Waals surface area contributed by atoms with Gasteiger partial charge in [-0.25, -0.2) is 4.98 Å². The highest BCUT2D eigenvalue weighted by molar-refractivity contribution is 7.15. The van der Waals surface area contributed by atoms with Gasteiger partial charge in [0.1, 0.15) is 0 Å². The van der Waals surface area contributed by atoms with Gasteiger partial charge < -0.3 is 10.2 Å². The molecule has 4 heteroatoms. The lowest BCUT2D eigenvalue weighted by Gasteiger charge is -2.02. The Labute approximate surface area is 108 Å². The molecule has 3 aromatic rings. The third-order valence-corrected chi connectivity index (χ3v) is 4.16. The molecule has 0 bridgehead atoms. The molecular formula is C14H10N2OS. The summed E-state index contributed by atoms with van der Waals surface area (Å²) in [7, 11) is 0. The molecule has 0 saturated carbocycles. The van der Waals surface area contributed by atoms with Crippen LogP contribution in [-0.4, -0.2) is 4.98 Å². The Kier molecular flexibility index (Phi) is 1.91. The van der Waals surface area contributed by atoms with Crippen molar-refractivity contribution in [3.05, 3.63) is 47.2 Å². The van der Waals surface area contributed by atoms with Crippen LogP contribution in [0.4, 0.5) is 5.13 Å². The second kappa shape index (κ2) is 3.46. The number of furan rings is 1. The van der Waals surface area contributed by atoms with E-state index in [1.807, 2.05) is 6.07 Å². The molecule has 2 N–H and O–H groups in total. The number of fused-ring (bicyclic) bond motifs is 3. The van der Waals surface area contributed by atoms with Crippen molar-refractivity contribution in [2.45, 2.75) is 6.42 Å². The average molecular weight is 254 g/mol. The molecule has 0 fully saturated rings. The Morgan fingerprint density at radius 3 is 3.00 bits per heavy atom. The summed E-state index contributed by atoms with van der Waals surface area (Å²) in [4.78, 5) is 5.67. The van der Waals surface area contributed by atoms with Crippen molar-refractivity contribution in [2.24, 2.45) is 0 Å². The average Bonchev–Trinajstić information content (AvgIpc) is 3.02. The summed E-state index contributed by atoms with van der Waals surface area (Å²) in [5.74, 6) is 0. The van der Waals surface area contributed by atoms with Gasteiger partial charge in [0.2, 0.25) is 0 Å². The Morgan fingerprint density at radius 2 is 2.17 bits per heavy atom. The molecule has 1 aromatic carbocycles. The highest BCUT2D eigenvalue weighted by Gasteiger charge is 2.23. The Balaban J connectivity index is 1.85. The number of nitrogen functional groups attached to an aromatic ring is 1. The Morgan fingerprint density at radius 1 is 1.22 bits per heavy atom. The first-order valence-electron chi connectivity index (χ1n) is 5.72. The van der Waals surface area contributed by atoms with Gasteiger partial charge in [-0.15, -0.1) is 11.3 Å². The minimum Gasteiger partial charge on any atom is -0.472 e. The summed E-state index contributed by atoms with van der Waals surface area (Å²) in [5, 5.41) is 0.657. The lowest BCUT2D eigenvalue weighted by Crippen LogP contribution is -1.85. The summed E-state index contributed by atoms with van der Waals surface area (Å²) < 4.78 is 5.12. The van der Waals surface area contributed by atoms with E-state index in [4.69, 9.17) is 10.2 Å². The number of nitrogens with two attached hydrogens (primary N) is 1. The van der Waals surface area contributed by atoms with E-state index >= 15 is 0 Å². The third-order valence-electron chi connectivity index (χ3n) is 3.28. The van der Waals surface area contributed by atoms with Gasteiger partial charge in [-0.2, -0.15) is 0 Å². The van der Waals surface area contributed by atoms with Gasteiger partial charge in [0.25, 0.3) is 0 Å². The first-order valence-corrected chi connectivity index (χ1v) is 6.54. The molecule has 88 valence electrons. The minimum absolute atomic E-state index is 0.657. The molecule has 0 aliphatic heterocycles. The van der Waals surface area contributed by atoms with E-state index in [2.05, 4.69) is 23.2 Å². The number of rotatable bonds is 1. The summed E-state index contributed by atoms with van der Waals surface area (Å²) in [5.41, 5.74) is 11.6. The number of hydrogen-bond acceptors (Lipinski definition) is 4. The second-order valence-electron chi connectivity index (χ2n) is 4.38. The van der Waals surface area contributed by atoms with Gasteiger partial charge in [-0.3, -0.25) is 0 Å². The lowest BCUT2D eigenvalue weighted by molar-refractivity contribution is 0.568. The molecule has 4 rings (SSSR count). The van der Waals surface area contributed by atoms with Crippen molar-refractivity contribution >= 4 is 16.5 Å². The Bertz CT molecular complexity index is 728. The molecule has 3 nitrogen and oxygen atoms in total. The van der Waals surface area contributed by atoms with Crippen molar-refractivity contribution in [2.75, 3.05) is 5.73 Å². The zero-order chi connectivity index (χ0) is 12.1. The topological polar surface area (TPSA) is 52.0 Å². The number of anilines is 1. The zero-order valence-electron chi connectivity index (χ0n) is 9.51. The summed E-state index contributed by atoms with van der Waals surface area (Å²) >= 11 is 1.58. The van der Waals surface area contributed by atoms with Crippen LogP contribution in [0.15, 0.2) is 41.2 Å². The van der Waals surface area contributed by atoms with Gasteiger partial charge in [0.05, 0.1) is 18.2 Å². The fraction of sp³-hybridized carbons (Fsp3) is 0.0714. The molecule has 2 heterocycles. The predicted octanol–water partition coefficient (Wildman–Crippen LogP) is 3.56. The monoisotopic (exact) mass is 254 g/mol. The zero-order valence-corrected chi connectivity index (χ0v) is 10.3. The molecule has 0 radical (unpaired) electrons. The van der Waals surface area contributed by atoms with E-state index in [-0.39, 0.29) is 0 Å². The van der Waals surface area contributed by atoms with Crippen molar-refractivity contribution < 1.29 is 4.42 Å². The molecular weight excluding hydrogens is 244 g/mol. The molecule has 0 atom stereocenters. The molecule has 0 spiro atoms. The van der Waals surface area contributed by atoms with E-state index < -0.39 is 0 Å². The van der Waals surface area contributed by atoms with Crippen LogP contribution in [0.5, 0.6) is 0 Å². The molecule has 1 aliphatic carbocycles. The first kappa shape index (κ1) is 9.91.